The van der Waals surface area contributed by atoms with Crippen LogP contribution in [0.25, 0.3) is 11.4 Å². The molecule has 2 N–H and O–H groups in total. The Morgan fingerprint density at radius 3 is 2.84 bits per heavy atom. The number of carbonyl (C=O) groups is 1. The van der Waals surface area contributed by atoms with Crippen LogP contribution in [0.2, 0.25) is 0 Å². The van der Waals surface area contributed by atoms with E-state index >= 15 is 0 Å². The minimum Gasteiger partial charge on any atom is -0.338 e. The molecule has 0 spiro atoms. The van der Waals surface area contributed by atoms with Crippen LogP contribution < -0.4 is 10.6 Å². The molecule has 0 unspecified atom stereocenters. The first kappa shape index (κ1) is 21.9. The van der Waals surface area contributed by atoms with E-state index in [1.54, 1.807) is 11.7 Å². The highest BCUT2D eigenvalue weighted by Gasteiger charge is 2.20. The molecule has 1 aliphatic rings. The summed E-state index contributed by atoms with van der Waals surface area (Å²) in [6.45, 7) is 3.59. The second kappa shape index (κ2) is 10.3. The van der Waals surface area contributed by atoms with Gasteiger partial charge in [0.25, 0.3) is 0 Å². The average molecular weight is 438 g/mol. The number of piperidine rings is 1. The van der Waals surface area contributed by atoms with E-state index < -0.39 is 0 Å². The number of nitrogens with zero attached hydrogens (tertiary/aromatic N) is 5. The maximum Gasteiger partial charge on any atom is 0.319 e. The number of benzene rings is 2. The van der Waals surface area contributed by atoms with Gasteiger partial charge < -0.3 is 15.5 Å². The molecule has 1 saturated heterocycles. The van der Waals surface area contributed by atoms with Gasteiger partial charge in [0, 0.05) is 37.9 Å². The van der Waals surface area contributed by atoms with Gasteiger partial charge in [0.1, 0.15) is 5.82 Å². The Morgan fingerprint density at radius 2 is 2.06 bits per heavy atom. The summed E-state index contributed by atoms with van der Waals surface area (Å²) in [4.78, 5) is 14.9. The summed E-state index contributed by atoms with van der Waals surface area (Å²) in [5.74, 6) is 0.851. The average Bonchev–Trinajstić information content (AvgIpc) is 3.24. The van der Waals surface area contributed by atoms with Gasteiger partial charge >= 0.3 is 6.03 Å². The van der Waals surface area contributed by atoms with Gasteiger partial charge in [0.15, 0.2) is 5.82 Å². The lowest BCUT2D eigenvalue weighted by Gasteiger charge is -2.32. The van der Waals surface area contributed by atoms with E-state index in [0.29, 0.717) is 24.0 Å². The second-order valence-electron chi connectivity index (χ2n) is 8.23. The van der Waals surface area contributed by atoms with E-state index in [4.69, 9.17) is 0 Å². The summed E-state index contributed by atoms with van der Waals surface area (Å²) in [6, 6.07) is 13.9. The number of aryl methyl sites for hydroxylation is 1. The zero-order chi connectivity index (χ0) is 22.3. The molecule has 2 aromatic carbocycles. The van der Waals surface area contributed by atoms with Crippen molar-refractivity contribution in [1.29, 1.82) is 0 Å². The molecule has 8 nitrogen and oxygen atoms in total. The monoisotopic (exact) mass is 437 g/mol. The third kappa shape index (κ3) is 5.88. The number of amides is 2. The van der Waals surface area contributed by atoms with Crippen LogP contribution in [0, 0.1) is 11.7 Å². The molecule has 1 aromatic heterocycles. The fraction of sp³-hybridized carbons (Fsp3) is 0.391. The minimum absolute atomic E-state index is 0.200. The second-order valence-corrected chi connectivity index (χ2v) is 8.23. The van der Waals surface area contributed by atoms with E-state index in [1.165, 1.54) is 12.1 Å². The Kier molecular flexibility index (Phi) is 7.06. The smallest absolute Gasteiger partial charge is 0.319 e. The molecule has 9 heteroatoms. The lowest BCUT2D eigenvalue weighted by atomic mass is 9.97. The van der Waals surface area contributed by atoms with Crippen LogP contribution in [0.5, 0.6) is 0 Å². The zero-order valence-electron chi connectivity index (χ0n) is 18.2. The maximum absolute atomic E-state index is 13.1. The van der Waals surface area contributed by atoms with Gasteiger partial charge in [0.2, 0.25) is 0 Å². The number of hydrogen-bond donors (Lipinski definition) is 2. The van der Waals surface area contributed by atoms with Gasteiger partial charge in [-0.3, -0.25) is 0 Å². The summed E-state index contributed by atoms with van der Waals surface area (Å²) in [5, 5.41) is 17.4. The van der Waals surface area contributed by atoms with E-state index in [1.807, 2.05) is 36.4 Å². The molecule has 32 heavy (non-hydrogen) atoms. The molecule has 1 aliphatic heterocycles. The normalized spacial score (nSPS) is 16.6. The SMILES string of the molecule is Cn1nnnc1-c1cccc(NC(=O)NC[C@@H]2CCCN(CCc3ccc(F)cc3)C2)c1. The molecule has 0 radical (unpaired) electrons. The van der Waals surface area contributed by atoms with Crippen LogP contribution in [-0.4, -0.2) is 57.3 Å². The number of urea groups is 1. The van der Waals surface area contributed by atoms with Gasteiger partial charge in [-0.15, -0.1) is 5.10 Å². The number of likely N-dealkylation sites (tertiary alicyclic amines) is 1. The van der Waals surface area contributed by atoms with Gasteiger partial charge in [0.05, 0.1) is 0 Å². The third-order valence-electron chi connectivity index (χ3n) is 5.78. The molecule has 0 bridgehead atoms. The summed E-state index contributed by atoms with van der Waals surface area (Å²) in [6.07, 6.45) is 3.12. The number of anilines is 1. The van der Waals surface area contributed by atoms with Crippen LogP contribution in [0.3, 0.4) is 0 Å². The van der Waals surface area contributed by atoms with Crippen molar-refractivity contribution < 1.29 is 9.18 Å². The Labute approximate surface area is 186 Å². The quantitative estimate of drug-likeness (QED) is 0.593. The summed E-state index contributed by atoms with van der Waals surface area (Å²) < 4.78 is 14.6. The van der Waals surface area contributed by atoms with E-state index in [9.17, 15) is 9.18 Å². The number of carbonyl (C=O) groups excluding carboxylic acids is 1. The number of aromatic nitrogens is 4. The molecule has 2 amide bonds. The largest absolute Gasteiger partial charge is 0.338 e. The molecule has 0 saturated carbocycles. The molecule has 4 rings (SSSR count). The van der Waals surface area contributed by atoms with Crippen molar-refractivity contribution in [1.82, 2.24) is 30.4 Å². The first-order chi connectivity index (χ1) is 15.6. The molecular weight excluding hydrogens is 409 g/mol. The Balaban J connectivity index is 1.23. The fourth-order valence-corrected chi connectivity index (χ4v) is 4.08. The maximum atomic E-state index is 13.1. The van der Waals surface area contributed by atoms with Gasteiger partial charge in [-0.1, -0.05) is 24.3 Å². The van der Waals surface area contributed by atoms with Crippen molar-refractivity contribution in [2.24, 2.45) is 13.0 Å². The lowest BCUT2D eigenvalue weighted by molar-refractivity contribution is 0.174. The Morgan fingerprint density at radius 1 is 1.22 bits per heavy atom. The van der Waals surface area contributed by atoms with E-state index in [2.05, 4.69) is 31.1 Å². The summed E-state index contributed by atoms with van der Waals surface area (Å²) >= 11 is 0. The zero-order valence-corrected chi connectivity index (χ0v) is 18.2. The molecule has 1 fully saturated rings. The van der Waals surface area contributed by atoms with Crippen LogP contribution in [0.1, 0.15) is 18.4 Å². The number of tetrazole rings is 1. The Hall–Kier alpha value is -3.33. The van der Waals surface area contributed by atoms with Gasteiger partial charge in [-0.25, -0.2) is 13.9 Å². The first-order valence-electron chi connectivity index (χ1n) is 10.9. The molecule has 3 aromatic rings. The number of halogens is 1. The van der Waals surface area contributed by atoms with Crippen molar-refractivity contribution >= 4 is 11.7 Å². The highest BCUT2D eigenvalue weighted by atomic mass is 19.1. The van der Waals surface area contributed by atoms with Crippen LogP contribution in [0.15, 0.2) is 48.5 Å². The summed E-state index contributed by atoms with van der Waals surface area (Å²) in [7, 11) is 1.77. The highest BCUT2D eigenvalue weighted by Crippen LogP contribution is 2.20. The van der Waals surface area contributed by atoms with Crippen molar-refractivity contribution in [3.8, 4) is 11.4 Å². The van der Waals surface area contributed by atoms with Crippen LogP contribution in [-0.2, 0) is 13.5 Å². The third-order valence-corrected chi connectivity index (χ3v) is 5.78. The minimum atomic E-state index is -0.221. The van der Waals surface area contributed by atoms with Gasteiger partial charge in [-0.05, 0) is 72.0 Å². The van der Waals surface area contributed by atoms with Crippen molar-refractivity contribution in [2.75, 3.05) is 31.5 Å². The lowest BCUT2D eigenvalue weighted by Crippen LogP contribution is -2.42. The fourth-order valence-electron chi connectivity index (χ4n) is 4.08. The first-order valence-corrected chi connectivity index (χ1v) is 10.9. The number of rotatable bonds is 7. The molecule has 2 heterocycles. The topological polar surface area (TPSA) is 88.0 Å². The molecule has 1 atom stereocenters. The van der Waals surface area contributed by atoms with Crippen molar-refractivity contribution in [3.05, 3.63) is 59.9 Å². The predicted molar refractivity (Wildman–Crippen MR) is 121 cm³/mol. The van der Waals surface area contributed by atoms with Gasteiger partial charge in [-0.2, -0.15) is 0 Å². The number of hydrogen-bond acceptors (Lipinski definition) is 5. The Bertz CT molecular complexity index is 1040. The molecule has 168 valence electrons. The molecule has 0 aliphatic carbocycles. The van der Waals surface area contributed by atoms with Crippen molar-refractivity contribution in [3.63, 3.8) is 0 Å². The van der Waals surface area contributed by atoms with Crippen LogP contribution in [0.4, 0.5) is 14.9 Å². The standard InChI is InChI=1S/C23H28FN7O/c1-30-22(27-28-29-30)19-5-2-6-21(14-19)26-23(32)25-15-18-4-3-12-31(16-18)13-11-17-7-9-20(24)10-8-17/h2,5-10,14,18H,3-4,11-13,15-16H2,1H3,(H2,25,26,32)/t18-/m0/s1. The number of nitrogens with one attached hydrogen (secondary N) is 2. The molecular formula is C23H28FN7O. The van der Waals surface area contributed by atoms with Crippen molar-refractivity contribution in [2.45, 2.75) is 19.3 Å². The van der Waals surface area contributed by atoms with Crippen LogP contribution >= 0.6 is 0 Å². The van der Waals surface area contributed by atoms with E-state index in [-0.39, 0.29) is 11.8 Å². The summed E-state index contributed by atoms with van der Waals surface area (Å²) in [5.41, 5.74) is 2.66. The van der Waals surface area contributed by atoms with E-state index in [0.717, 1.165) is 50.0 Å². The predicted octanol–water partition coefficient (Wildman–Crippen LogP) is 3.09. The highest BCUT2D eigenvalue weighted by molar-refractivity contribution is 5.89.